The van der Waals surface area contributed by atoms with Gasteiger partial charge in [-0.1, -0.05) is 37.3 Å². The predicted molar refractivity (Wildman–Crippen MR) is 115 cm³/mol. The van der Waals surface area contributed by atoms with Gasteiger partial charge < -0.3 is 4.74 Å². The molecule has 0 unspecified atom stereocenters. The van der Waals surface area contributed by atoms with Crippen LogP contribution < -0.4 is 4.74 Å². The topological polar surface area (TPSA) is 26.3 Å². The fourth-order valence-corrected chi connectivity index (χ4v) is 6.66. The van der Waals surface area contributed by atoms with Crippen LogP contribution in [0.4, 0.5) is 0 Å². The van der Waals surface area contributed by atoms with Gasteiger partial charge in [0.25, 0.3) is 0 Å². The molecule has 146 valence electrons. The van der Waals surface area contributed by atoms with Crippen molar-refractivity contribution in [2.45, 2.75) is 58.0 Å². The van der Waals surface area contributed by atoms with E-state index in [9.17, 15) is 4.79 Å². The second-order valence-electron chi connectivity index (χ2n) is 9.09. The quantitative estimate of drug-likeness (QED) is 0.549. The summed E-state index contributed by atoms with van der Waals surface area (Å²) in [5.41, 5.74) is 4.08. The molecule has 4 atom stereocenters. The van der Waals surface area contributed by atoms with E-state index in [4.69, 9.17) is 4.74 Å². The number of aryl methyl sites for hydroxylation is 1. The maximum Gasteiger partial charge on any atom is 0.139 e. The minimum atomic E-state index is -0.0470. The Morgan fingerprint density at radius 1 is 1.11 bits per heavy atom. The van der Waals surface area contributed by atoms with Crippen LogP contribution in [-0.2, 0) is 17.8 Å². The van der Waals surface area contributed by atoms with Crippen LogP contribution in [0.25, 0.3) is 0 Å². The van der Waals surface area contributed by atoms with Crippen molar-refractivity contribution < 1.29 is 9.53 Å². The lowest BCUT2D eigenvalue weighted by molar-refractivity contribution is -0.129. The lowest BCUT2D eigenvalue weighted by Gasteiger charge is -2.48. The summed E-state index contributed by atoms with van der Waals surface area (Å²) in [5.74, 6) is 3.32. The Bertz CT molecular complexity index is 906. The van der Waals surface area contributed by atoms with Gasteiger partial charge in [-0.25, -0.2) is 0 Å². The van der Waals surface area contributed by atoms with Crippen LogP contribution in [0.5, 0.6) is 5.75 Å². The molecule has 0 spiro atoms. The number of benzene rings is 2. The third-order valence-corrected chi connectivity index (χ3v) is 8.34. The zero-order valence-electron chi connectivity index (χ0n) is 16.4. The van der Waals surface area contributed by atoms with Crippen molar-refractivity contribution >= 4 is 21.7 Å². The Hall–Kier alpha value is -1.61. The maximum absolute atomic E-state index is 12.5. The smallest absolute Gasteiger partial charge is 0.139 e. The molecule has 2 saturated carbocycles. The molecule has 28 heavy (non-hydrogen) atoms. The third-order valence-electron chi connectivity index (χ3n) is 7.72. The first-order valence-corrected chi connectivity index (χ1v) is 11.4. The summed E-state index contributed by atoms with van der Waals surface area (Å²) in [6, 6.07) is 14.9. The number of hydrogen-bond donors (Lipinski definition) is 0. The Kier molecular flexibility index (Phi) is 4.62. The van der Waals surface area contributed by atoms with Crippen molar-refractivity contribution in [3.05, 3.63) is 63.6 Å². The van der Waals surface area contributed by atoms with Crippen LogP contribution in [0.1, 0.15) is 61.6 Å². The van der Waals surface area contributed by atoms with Gasteiger partial charge in [-0.05, 0) is 94.6 Å². The van der Waals surface area contributed by atoms with E-state index in [1.807, 2.05) is 18.2 Å². The van der Waals surface area contributed by atoms with E-state index in [2.05, 4.69) is 47.1 Å². The zero-order chi connectivity index (χ0) is 19.3. The first-order valence-electron chi connectivity index (χ1n) is 10.6. The second-order valence-corrected chi connectivity index (χ2v) is 9.94. The monoisotopic (exact) mass is 438 g/mol. The number of rotatable bonds is 3. The number of carbonyl (C=O) groups is 1. The van der Waals surface area contributed by atoms with E-state index in [0.717, 1.165) is 42.3 Å². The largest absolute Gasteiger partial charge is 0.488 e. The number of fused-ring (bicyclic) bond motifs is 5. The summed E-state index contributed by atoms with van der Waals surface area (Å²) in [6.07, 6.45) is 6.42. The van der Waals surface area contributed by atoms with Crippen molar-refractivity contribution in [1.29, 1.82) is 0 Å². The van der Waals surface area contributed by atoms with Crippen LogP contribution >= 0.6 is 15.9 Å². The molecule has 0 aliphatic heterocycles. The van der Waals surface area contributed by atoms with Crippen molar-refractivity contribution in [1.82, 2.24) is 0 Å². The fraction of sp³-hybridized carbons (Fsp3) is 0.480. The molecular formula is C25H27BrO2. The first kappa shape index (κ1) is 18.4. The number of ether oxygens (including phenoxy) is 1. The van der Waals surface area contributed by atoms with Gasteiger partial charge in [0, 0.05) is 11.8 Å². The SMILES string of the molecule is C[C@]12CC[C@@H]3c4cc(Br)c(OCc5ccccc5)cc4CC[C@H]3[C@@H]1CCC2=O. The van der Waals surface area contributed by atoms with Crippen LogP contribution in [0.15, 0.2) is 46.9 Å². The molecule has 0 amide bonds. The lowest BCUT2D eigenvalue weighted by atomic mass is 9.55. The van der Waals surface area contributed by atoms with Crippen LogP contribution in [-0.4, -0.2) is 5.78 Å². The highest BCUT2D eigenvalue weighted by atomic mass is 79.9. The fourth-order valence-electron chi connectivity index (χ4n) is 6.19. The normalized spacial score (nSPS) is 31.1. The molecule has 0 N–H and O–H groups in total. The van der Waals surface area contributed by atoms with Crippen LogP contribution in [0.2, 0.25) is 0 Å². The molecule has 0 saturated heterocycles. The number of ketones is 1. The first-order chi connectivity index (χ1) is 13.6. The summed E-state index contributed by atoms with van der Waals surface area (Å²) < 4.78 is 7.19. The van der Waals surface area contributed by atoms with Gasteiger partial charge >= 0.3 is 0 Å². The Morgan fingerprint density at radius 2 is 1.93 bits per heavy atom. The molecule has 3 heteroatoms. The van der Waals surface area contributed by atoms with E-state index >= 15 is 0 Å². The van der Waals surface area contributed by atoms with Gasteiger partial charge in [-0.15, -0.1) is 0 Å². The van der Waals surface area contributed by atoms with Crippen LogP contribution in [0, 0.1) is 17.3 Å². The minimum absolute atomic E-state index is 0.0470. The van der Waals surface area contributed by atoms with Gasteiger partial charge in [0.15, 0.2) is 0 Å². The molecule has 0 bridgehead atoms. The summed E-state index contributed by atoms with van der Waals surface area (Å²) in [6.45, 7) is 2.84. The molecule has 2 fully saturated rings. The number of carbonyl (C=O) groups excluding carboxylic acids is 1. The number of Topliss-reactive ketones (excluding diaryl/α,β-unsaturated/α-hetero) is 1. The van der Waals surface area contributed by atoms with E-state index in [-0.39, 0.29) is 5.41 Å². The van der Waals surface area contributed by atoms with E-state index in [1.54, 1.807) is 0 Å². The van der Waals surface area contributed by atoms with Crippen LogP contribution in [0.3, 0.4) is 0 Å². The molecular weight excluding hydrogens is 412 g/mol. The lowest BCUT2D eigenvalue weighted by Crippen LogP contribution is -2.42. The molecule has 2 aromatic rings. The molecule has 0 heterocycles. The molecule has 0 aromatic heterocycles. The Labute approximate surface area is 175 Å². The van der Waals surface area contributed by atoms with Gasteiger partial charge in [-0.2, -0.15) is 0 Å². The third kappa shape index (κ3) is 2.94. The molecule has 2 aromatic carbocycles. The Morgan fingerprint density at radius 3 is 2.75 bits per heavy atom. The Balaban J connectivity index is 1.40. The summed E-state index contributed by atoms with van der Waals surface area (Å²) in [7, 11) is 0. The van der Waals surface area contributed by atoms with Crippen molar-refractivity contribution in [2.75, 3.05) is 0 Å². The van der Waals surface area contributed by atoms with E-state index in [0.29, 0.717) is 30.1 Å². The standard InChI is InChI=1S/C25H27BrO2/c1-25-12-11-18-19(21(25)9-10-24(25)27)8-7-17-13-23(22(26)14-20(17)18)28-15-16-5-3-2-4-6-16/h2-6,13-14,18-19,21H,7-12,15H2,1H3/t18-,19+,21-,25-/m0/s1. The minimum Gasteiger partial charge on any atom is -0.488 e. The molecule has 0 radical (unpaired) electrons. The van der Waals surface area contributed by atoms with Crippen molar-refractivity contribution in [2.24, 2.45) is 17.3 Å². The van der Waals surface area contributed by atoms with Gasteiger partial charge in [0.05, 0.1) is 4.47 Å². The van der Waals surface area contributed by atoms with Gasteiger partial charge in [0.1, 0.15) is 18.1 Å². The summed E-state index contributed by atoms with van der Waals surface area (Å²) in [4.78, 5) is 12.5. The maximum atomic E-state index is 12.5. The average molecular weight is 439 g/mol. The highest BCUT2D eigenvalue weighted by Crippen LogP contribution is 2.59. The highest BCUT2D eigenvalue weighted by molar-refractivity contribution is 9.10. The predicted octanol–water partition coefficient (Wildman–Crippen LogP) is 6.45. The summed E-state index contributed by atoms with van der Waals surface area (Å²) in [5, 5.41) is 0. The second kappa shape index (κ2) is 7.02. The van der Waals surface area contributed by atoms with Gasteiger partial charge in [-0.3, -0.25) is 4.79 Å². The van der Waals surface area contributed by atoms with Gasteiger partial charge in [0.2, 0.25) is 0 Å². The van der Waals surface area contributed by atoms with Crippen molar-refractivity contribution in [3.63, 3.8) is 0 Å². The molecule has 5 rings (SSSR count). The van der Waals surface area contributed by atoms with E-state index in [1.165, 1.54) is 23.1 Å². The van der Waals surface area contributed by atoms with Crippen molar-refractivity contribution in [3.8, 4) is 5.75 Å². The number of halogens is 1. The molecule has 3 aliphatic rings. The summed E-state index contributed by atoms with van der Waals surface area (Å²) >= 11 is 3.76. The number of hydrogen-bond acceptors (Lipinski definition) is 2. The molecule has 2 nitrogen and oxygen atoms in total. The zero-order valence-corrected chi connectivity index (χ0v) is 18.0. The highest BCUT2D eigenvalue weighted by Gasteiger charge is 2.54. The molecule has 3 aliphatic carbocycles. The van der Waals surface area contributed by atoms with E-state index < -0.39 is 0 Å². The average Bonchev–Trinajstić information content (AvgIpc) is 3.02.